The summed E-state index contributed by atoms with van der Waals surface area (Å²) in [6.45, 7) is 6.71. The van der Waals surface area contributed by atoms with Gasteiger partial charge >= 0.3 is 0 Å². The normalized spacial score (nSPS) is 15.8. The highest BCUT2D eigenvalue weighted by Crippen LogP contribution is 2.24. The lowest BCUT2D eigenvalue weighted by Gasteiger charge is -2.25. The van der Waals surface area contributed by atoms with Crippen LogP contribution in [0.1, 0.15) is 40.7 Å². The van der Waals surface area contributed by atoms with Crippen molar-refractivity contribution in [2.24, 2.45) is 0 Å². The van der Waals surface area contributed by atoms with Crippen LogP contribution in [-0.2, 0) is 0 Å². The molecule has 0 spiro atoms. The molecule has 0 aliphatic carbocycles. The molecule has 23 heavy (non-hydrogen) atoms. The van der Waals surface area contributed by atoms with Gasteiger partial charge in [-0.15, -0.1) is 0 Å². The van der Waals surface area contributed by atoms with E-state index in [1.165, 1.54) is 19.3 Å². The molecule has 1 aliphatic heterocycles. The van der Waals surface area contributed by atoms with Crippen LogP contribution in [0.5, 0.6) is 0 Å². The lowest BCUT2D eigenvalue weighted by molar-refractivity contribution is 0.0916. The molecule has 1 aromatic carbocycles. The Morgan fingerprint density at radius 2 is 1.78 bits per heavy atom. The number of likely N-dealkylation sites (tertiary alicyclic amines) is 1. The first-order valence-corrected chi connectivity index (χ1v) is 8.63. The predicted octanol–water partition coefficient (Wildman–Crippen LogP) is 4.42. The van der Waals surface area contributed by atoms with Crippen molar-refractivity contribution in [3.05, 3.63) is 52.3 Å². The van der Waals surface area contributed by atoms with Gasteiger partial charge in [-0.3, -0.25) is 9.69 Å². The van der Waals surface area contributed by atoms with Gasteiger partial charge in [0.2, 0.25) is 0 Å². The number of Topliss-reactive ketones (excluding diaryl/α,β-unsaturated/α-hetero) is 1. The topological polar surface area (TPSA) is 25.2 Å². The molecule has 1 aromatic heterocycles. The summed E-state index contributed by atoms with van der Waals surface area (Å²) in [6, 6.07) is 5.83. The summed E-state index contributed by atoms with van der Waals surface area (Å²) in [7, 11) is 0. The molecule has 3 rings (SSSR count). The number of benzene rings is 1. The van der Waals surface area contributed by atoms with E-state index in [2.05, 4.69) is 4.90 Å². The average molecular weight is 331 g/mol. The van der Waals surface area contributed by atoms with Crippen molar-refractivity contribution in [1.82, 2.24) is 9.47 Å². The maximum absolute atomic E-state index is 12.5. The number of hydrogen-bond donors (Lipinski definition) is 0. The van der Waals surface area contributed by atoms with Gasteiger partial charge < -0.3 is 4.57 Å². The van der Waals surface area contributed by atoms with Crippen LogP contribution in [-0.4, -0.2) is 34.9 Å². The number of rotatable bonds is 4. The number of hydrogen-bond acceptors (Lipinski definition) is 2. The molecule has 1 fully saturated rings. The maximum atomic E-state index is 12.5. The minimum absolute atomic E-state index is 0.204. The van der Waals surface area contributed by atoms with Crippen LogP contribution in [0.3, 0.4) is 0 Å². The zero-order valence-corrected chi connectivity index (χ0v) is 14.6. The van der Waals surface area contributed by atoms with Gasteiger partial charge in [0, 0.05) is 23.0 Å². The summed E-state index contributed by atoms with van der Waals surface area (Å²) in [6.07, 6.45) is 7.60. The molecule has 2 aromatic rings. The van der Waals surface area contributed by atoms with Crippen LogP contribution in [0.25, 0.3) is 5.69 Å². The molecule has 0 amide bonds. The number of aryl methyl sites for hydroxylation is 2. The summed E-state index contributed by atoms with van der Waals surface area (Å²) in [5.41, 5.74) is 4.11. The molecular formula is C19H23ClN2O. The molecule has 122 valence electrons. The molecule has 2 heterocycles. The highest BCUT2D eigenvalue weighted by molar-refractivity contribution is 6.30. The largest absolute Gasteiger partial charge is 0.323 e. The molecule has 1 saturated heterocycles. The molecular weight excluding hydrogens is 308 g/mol. The third kappa shape index (κ3) is 3.67. The Kier molecular flexibility index (Phi) is 4.88. The number of carbonyl (C=O) groups is 1. The second-order valence-corrected chi connectivity index (χ2v) is 6.89. The van der Waals surface area contributed by atoms with Crippen LogP contribution < -0.4 is 0 Å². The standard InChI is InChI=1S/C19H23ClN2O/c1-14-10-17(20)11-15(2)19(14)22-9-6-16(12-22)18(23)13-21-7-4-3-5-8-21/h6,9-12H,3-5,7-8,13H2,1-2H3. The zero-order valence-electron chi connectivity index (χ0n) is 13.8. The predicted molar refractivity (Wildman–Crippen MR) is 94.9 cm³/mol. The minimum atomic E-state index is 0.204. The first kappa shape index (κ1) is 16.3. The van der Waals surface area contributed by atoms with Gasteiger partial charge in [-0.25, -0.2) is 0 Å². The Hall–Kier alpha value is -1.58. The SMILES string of the molecule is Cc1cc(Cl)cc(C)c1-n1ccc(C(=O)CN2CCCCC2)c1. The van der Waals surface area contributed by atoms with Crippen LogP contribution >= 0.6 is 11.6 Å². The highest BCUT2D eigenvalue weighted by atomic mass is 35.5. The molecule has 1 aliphatic rings. The first-order valence-electron chi connectivity index (χ1n) is 8.25. The van der Waals surface area contributed by atoms with E-state index in [0.717, 1.165) is 40.5 Å². The van der Waals surface area contributed by atoms with Crippen molar-refractivity contribution < 1.29 is 4.79 Å². The van der Waals surface area contributed by atoms with E-state index in [4.69, 9.17) is 11.6 Å². The van der Waals surface area contributed by atoms with E-state index in [0.29, 0.717) is 6.54 Å². The summed E-state index contributed by atoms with van der Waals surface area (Å²) >= 11 is 6.10. The van der Waals surface area contributed by atoms with E-state index in [9.17, 15) is 4.79 Å². The van der Waals surface area contributed by atoms with Crippen LogP contribution in [0.4, 0.5) is 0 Å². The summed E-state index contributed by atoms with van der Waals surface area (Å²) in [4.78, 5) is 14.8. The van der Waals surface area contributed by atoms with Crippen LogP contribution in [0.2, 0.25) is 5.02 Å². The Bertz CT molecular complexity index is 691. The lowest BCUT2D eigenvalue weighted by Crippen LogP contribution is -2.34. The van der Waals surface area contributed by atoms with Crippen molar-refractivity contribution in [3.63, 3.8) is 0 Å². The lowest BCUT2D eigenvalue weighted by atomic mass is 10.1. The summed E-state index contributed by atoms with van der Waals surface area (Å²) in [5.74, 6) is 0.204. The van der Waals surface area contributed by atoms with Crippen molar-refractivity contribution >= 4 is 17.4 Å². The van der Waals surface area contributed by atoms with Crippen LogP contribution in [0.15, 0.2) is 30.6 Å². The number of piperidine rings is 1. The number of ketones is 1. The molecule has 0 saturated carbocycles. The fourth-order valence-corrected chi connectivity index (χ4v) is 3.75. The number of nitrogens with zero attached hydrogens (tertiary/aromatic N) is 2. The Labute approximate surface area is 142 Å². The first-order chi connectivity index (χ1) is 11.0. The summed E-state index contributed by atoms with van der Waals surface area (Å²) < 4.78 is 2.03. The van der Waals surface area contributed by atoms with E-state index in [1.54, 1.807) is 0 Å². The van der Waals surface area contributed by atoms with E-state index in [1.807, 2.05) is 49.0 Å². The Morgan fingerprint density at radius 3 is 2.43 bits per heavy atom. The van der Waals surface area contributed by atoms with Gasteiger partial charge in [-0.05, 0) is 69.1 Å². The molecule has 0 bridgehead atoms. The molecule has 0 N–H and O–H groups in total. The number of halogens is 1. The fraction of sp³-hybridized carbons (Fsp3) is 0.421. The van der Waals surface area contributed by atoms with E-state index in [-0.39, 0.29) is 5.78 Å². The average Bonchev–Trinajstić information content (AvgIpc) is 2.97. The van der Waals surface area contributed by atoms with Crippen LogP contribution in [0, 0.1) is 13.8 Å². The maximum Gasteiger partial charge on any atom is 0.178 e. The quantitative estimate of drug-likeness (QED) is 0.775. The smallest absolute Gasteiger partial charge is 0.178 e. The van der Waals surface area contributed by atoms with Crippen molar-refractivity contribution in [1.29, 1.82) is 0 Å². The molecule has 0 radical (unpaired) electrons. The highest BCUT2D eigenvalue weighted by Gasteiger charge is 2.16. The van der Waals surface area contributed by atoms with Crippen molar-refractivity contribution in [3.8, 4) is 5.69 Å². The third-order valence-electron chi connectivity index (χ3n) is 4.54. The third-order valence-corrected chi connectivity index (χ3v) is 4.76. The number of aromatic nitrogens is 1. The fourth-order valence-electron chi connectivity index (χ4n) is 3.42. The van der Waals surface area contributed by atoms with Gasteiger partial charge in [0.05, 0.1) is 12.2 Å². The van der Waals surface area contributed by atoms with Gasteiger partial charge in [-0.2, -0.15) is 0 Å². The monoisotopic (exact) mass is 330 g/mol. The second kappa shape index (κ2) is 6.90. The molecule has 0 unspecified atom stereocenters. The van der Waals surface area contributed by atoms with Crippen molar-refractivity contribution in [2.75, 3.05) is 19.6 Å². The van der Waals surface area contributed by atoms with Crippen molar-refractivity contribution in [2.45, 2.75) is 33.1 Å². The molecule has 4 heteroatoms. The van der Waals surface area contributed by atoms with Gasteiger partial charge in [0.25, 0.3) is 0 Å². The minimum Gasteiger partial charge on any atom is -0.323 e. The Morgan fingerprint density at radius 1 is 1.13 bits per heavy atom. The molecule has 0 atom stereocenters. The zero-order chi connectivity index (χ0) is 16.4. The van der Waals surface area contributed by atoms with E-state index < -0.39 is 0 Å². The van der Waals surface area contributed by atoms with Gasteiger partial charge in [0.1, 0.15) is 0 Å². The van der Waals surface area contributed by atoms with E-state index >= 15 is 0 Å². The van der Waals surface area contributed by atoms with Gasteiger partial charge in [-0.1, -0.05) is 18.0 Å². The molecule has 3 nitrogen and oxygen atoms in total. The number of carbonyl (C=O) groups excluding carboxylic acids is 1. The Balaban J connectivity index is 1.79. The van der Waals surface area contributed by atoms with Gasteiger partial charge in [0.15, 0.2) is 5.78 Å². The summed E-state index contributed by atoms with van der Waals surface area (Å²) in [5, 5.41) is 0.748. The second-order valence-electron chi connectivity index (χ2n) is 6.46.